The number of fused-ring (bicyclic) bond motifs is 1. The van der Waals surface area contributed by atoms with Crippen LogP contribution in [0.5, 0.6) is 0 Å². The topological polar surface area (TPSA) is 64.2 Å². The predicted molar refractivity (Wildman–Crippen MR) is 79.7 cm³/mol. The normalized spacial score (nSPS) is 17.6. The highest BCUT2D eigenvalue weighted by Gasteiger charge is 2.16. The fraction of sp³-hybridized carbons (Fsp3) is 0.467. The van der Waals surface area contributed by atoms with Gasteiger partial charge in [-0.2, -0.15) is 0 Å². The molecule has 5 nitrogen and oxygen atoms in total. The first-order chi connectivity index (χ1) is 9.74. The van der Waals surface area contributed by atoms with Crippen molar-refractivity contribution in [3.63, 3.8) is 0 Å². The van der Waals surface area contributed by atoms with Gasteiger partial charge in [0.15, 0.2) is 0 Å². The van der Waals surface area contributed by atoms with Crippen molar-refractivity contribution in [1.29, 1.82) is 0 Å². The Balaban J connectivity index is 1.77. The summed E-state index contributed by atoms with van der Waals surface area (Å²) < 4.78 is 1.82. The van der Waals surface area contributed by atoms with Crippen LogP contribution >= 0.6 is 0 Å². The minimum atomic E-state index is -0.0302. The highest BCUT2D eigenvalue weighted by molar-refractivity contribution is 5.74. The second kappa shape index (κ2) is 5.73. The molecule has 0 atom stereocenters. The molecule has 1 aliphatic heterocycles. The molecule has 0 bridgehead atoms. The lowest BCUT2D eigenvalue weighted by molar-refractivity contribution is 0.206. The Bertz CT molecular complexity index is 644. The van der Waals surface area contributed by atoms with Crippen LogP contribution in [0.15, 0.2) is 35.3 Å². The lowest BCUT2D eigenvalue weighted by Gasteiger charge is -2.30. The molecule has 20 heavy (non-hydrogen) atoms. The van der Waals surface area contributed by atoms with Crippen LogP contribution in [0, 0.1) is 0 Å². The van der Waals surface area contributed by atoms with Crippen molar-refractivity contribution in [2.45, 2.75) is 25.4 Å². The number of benzene rings is 1. The summed E-state index contributed by atoms with van der Waals surface area (Å²) in [6.45, 7) is 3.65. The summed E-state index contributed by atoms with van der Waals surface area (Å²) in [5.41, 5.74) is 7.66. The van der Waals surface area contributed by atoms with Crippen molar-refractivity contribution in [2.75, 3.05) is 19.6 Å². The first kappa shape index (κ1) is 13.3. The van der Waals surface area contributed by atoms with Gasteiger partial charge in [-0.15, -0.1) is 0 Å². The van der Waals surface area contributed by atoms with E-state index in [-0.39, 0.29) is 5.56 Å². The third-order valence-electron chi connectivity index (χ3n) is 4.02. The molecule has 0 radical (unpaired) electrons. The first-order valence-corrected chi connectivity index (χ1v) is 7.16. The number of piperidine rings is 1. The Morgan fingerprint density at radius 3 is 2.75 bits per heavy atom. The Hall–Kier alpha value is -1.72. The molecule has 0 saturated carbocycles. The Kier molecular flexibility index (Phi) is 3.80. The third kappa shape index (κ3) is 2.73. The molecule has 5 heteroatoms. The molecule has 3 rings (SSSR count). The first-order valence-electron chi connectivity index (χ1n) is 7.16. The second-order valence-electron chi connectivity index (χ2n) is 5.42. The number of hydrogen-bond donors (Lipinski definition) is 1. The predicted octanol–water partition coefficient (Wildman–Crippen LogP) is 0.820. The summed E-state index contributed by atoms with van der Waals surface area (Å²) in [5, 5.41) is 0. The van der Waals surface area contributed by atoms with E-state index in [1.807, 2.05) is 28.8 Å². The molecule has 1 saturated heterocycles. The Morgan fingerprint density at radius 2 is 1.95 bits per heavy atom. The number of hydrogen-bond acceptors (Lipinski definition) is 4. The van der Waals surface area contributed by atoms with Crippen LogP contribution in [-0.4, -0.2) is 40.1 Å². The van der Waals surface area contributed by atoms with E-state index in [1.54, 1.807) is 0 Å². The van der Waals surface area contributed by atoms with E-state index in [1.165, 1.54) is 6.20 Å². The van der Waals surface area contributed by atoms with Crippen molar-refractivity contribution in [3.05, 3.63) is 40.8 Å². The van der Waals surface area contributed by atoms with Crippen molar-refractivity contribution in [1.82, 2.24) is 14.5 Å². The molecule has 0 unspecified atom stereocenters. The zero-order valence-electron chi connectivity index (χ0n) is 11.5. The maximum absolute atomic E-state index is 12.0. The lowest BCUT2D eigenvalue weighted by Crippen LogP contribution is -2.41. The largest absolute Gasteiger partial charge is 0.328 e. The Labute approximate surface area is 118 Å². The highest BCUT2D eigenvalue weighted by Crippen LogP contribution is 2.10. The van der Waals surface area contributed by atoms with Crippen molar-refractivity contribution in [2.24, 2.45) is 5.73 Å². The summed E-state index contributed by atoms with van der Waals surface area (Å²) in [7, 11) is 0. The van der Waals surface area contributed by atoms with Crippen molar-refractivity contribution < 1.29 is 0 Å². The minimum Gasteiger partial charge on any atom is -0.328 e. The van der Waals surface area contributed by atoms with Gasteiger partial charge in [-0.3, -0.25) is 4.79 Å². The number of nitrogens with zero attached hydrogens (tertiary/aromatic N) is 3. The van der Waals surface area contributed by atoms with Crippen LogP contribution in [0.2, 0.25) is 0 Å². The molecule has 2 aromatic rings. The van der Waals surface area contributed by atoms with E-state index in [0.29, 0.717) is 12.6 Å². The quantitative estimate of drug-likeness (QED) is 0.898. The van der Waals surface area contributed by atoms with Crippen LogP contribution < -0.4 is 11.3 Å². The molecule has 0 aliphatic carbocycles. The summed E-state index contributed by atoms with van der Waals surface area (Å²) >= 11 is 0. The maximum Gasteiger partial charge on any atom is 0.269 e. The molecule has 1 aromatic heterocycles. The van der Waals surface area contributed by atoms with Crippen LogP contribution in [-0.2, 0) is 6.54 Å². The maximum atomic E-state index is 12.0. The van der Waals surface area contributed by atoms with Crippen molar-refractivity contribution >= 4 is 11.0 Å². The smallest absolute Gasteiger partial charge is 0.269 e. The zero-order valence-corrected chi connectivity index (χ0v) is 11.5. The fourth-order valence-electron chi connectivity index (χ4n) is 2.76. The van der Waals surface area contributed by atoms with Gasteiger partial charge in [-0.25, -0.2) is 4.98 Å². The van der Waals surface area contributed by atoms with E-state index in [2.05, 4.69) is 9.88 Å². The van der Waals surface area contributed by atoms with E-state index >= 15 is 0 Å². The lowest BCUT2D eigenvalue weighted by atomic mass is 10.1. The highest BCUT2D eigenvalue weighted by atomic mass is 16.1. The van der Waals surface area contributed by atoms with Crippen LogP contribution in [0.25, 0.3) is 11.0 Å². The molecule has 1 aromatic carbocycles. The fourth-order valence-corrected chi connectivity index (χ4v) is 2.76. The average Bonchev–Trinajstić information content (AvgIpc) is 2.48. The summed E-state index contributed by atoms with van der Waals surface area (Å²) in [6, 6.07) is 8.12. The van der Waals surface area contributed by atoms with Gasteiger partial charge < -0.3 is 15.2 Å². The standard InChI is InChI=1S/C15H20N4O/c16-12-5-7-18(8-6-12)9-10-19-14-4-2-1-3-13(14)17-11-15(19)20/h1-4,11-12H,5-10,16H2. The van der Waals surface area contributed by atoms with Gasteiger partial charge in [0.05, 0.1) is 17.2 Å². The molecule has 0 spiro atoms. The molecular weight excluding hydrogens is 252 g/mol. The molecule has 106 valence electrons. The molecule has 2 heterocycles. The van der Waals surface area contributed by atoms with Crippen molar-refractivity contribution in [3.8, 4) is 0 Å². The summed E-state index contributed by atoms with van der Waals surface area (Å²) in [4.78, 5) is 18.6. The van der Waals surface area contributed by atoms with Gasteiger partial charge in [-0.05, 0) is 38.1 Å². The summed E-state index contributed by atoms with van der Waals surface area (Å²) in [5.74, 6) is 0. The number of para-hydroxylation sites is 2. The third-order valence-corrected chi connectivity index (χ3v) is 4.02. The molecule has 0 amide bonds. The molecular formula is C15H20N4O. The van der Waals surface area contributed by atoms with Gasteiger partial charge in [0, 0.05) is 19.1 Å². The van der Waals surface area contributed by atoms with Crippen LogP contribution in [0.3, 0.4) is 0 Å². The SMILES string of the molecule is NC1CCN(CCn2c(=O)cnc3ccccc32)CC1. The molecule has 1 fully saturated rings. The monoisotopic (exact) mass is 272 g/mol. The van der Waals surface area contributed by atoms with Gasteiger partial charge >= 0.3 is 0 Å². The van der Waals surface area contributed by atoms with E-state index in [9.17, 15) is 4.79 Å². The number of likely N-dealkylation sites (tertiary alicyclic amines) is 1. The van der Waals surface area contributed by atoms with Gasteiger partial charge in [0.25, 0.3) is 5.56 Å². The summed E-state index contributed by atoms with van der Waals surface area (Å²) in [6.07, 6.45) is 3.51. The van der Waals surface area contributed by atoms with Gasteiger partial charge in [-0.1, -0.05) is 12.1 Å². The second-order valence-corrected chi connectivity index (χ2v) is 5.42. The van der Waals surface area contributed by atoms with Gasteiger partial charge in [0.2, 0.25) is 0 Å². The number of nitrogens with two attached hydrogens (primary N) is 1. The van der Waals surface area contributed by atoms with Crippen LogP contribution in [0.1, 0.15) is 12.8 Å². The average molecular weight is 272 g/mol. The zero-order chi connectivity index (χ0) is 13.9. The minimum absolute atomic E-state index is 0.0302. The number of aromatic nitrogens is 2. The van der Waals surface area contributed by atoms with Gasteiger partial charge in [0.1, 0.15) is 0 Å². The van der Waals surface area contributed by atoms with Crippen LogP contribution in [0.4, 0.5) is 0 Å². The van der Waals surface area contributed by atoms with E-state index in [4.69, 9.17) is 5.73 Å². The molecule has 2 N–H and O–H groups in total. The van der Waals surface area contributed by atoms with E-state index in [0.717, 1.165) is 43.5 Å². The Morgan fingerprint density at radius 1 is 1.20 bits per heavy atom. The van der Waals surface area contributed by atoms with E-state index < -0.39 is 0 Å². The number of rotatable bonds is 3. The molecule has 1 aliphatic rings.